The maximum absolute atomic E-state index is 5.82. The molecule has 0 unspecified atom stereocenters. The van der Waals surface area contributed by atoms with E-state index in [-0.39, 0.29) is 0 Å². The lowest BCUT2D eigenvalue weighted by Gasteiger charge is -2.45. The van der Waals surface area contributed by atoms with E-state index in [1.807, 2.05) is 0 Å². The molecule has 0 saturated heterocycles. The molecule has 0 fully saturated rings. The first kappa shape index (κ1) is 32.2. The quantitative estimate of drug-likeness (QED) is 0.196. The Morgan fingerprint density at radius 2 is 0.575 bits per heavy atom. The van der Waals surface area contributed by atoms with Gasteiger partial charge in [0.05, 0.1) is 0 Å². The van der Waals surface area contributed by atoms with Crippen LogP contribution in [0.5, 0.6) is 0 Å². The molecule has 4 rings (SSSR count). The van der Waals surface area contributed by atoms with E-state index in [4.69, 9.17) is 8.85 Å². The third kappa shape index (κ3) is 6.75. The second-order valence-electron chi connectivity index (χ2n) is 11.6. The van der Waals surface area contributed by atoms with Crippen molar-refractivity contribution in [1.29, 1.82) is 0 Å². The van der Waals surface area contributed by atoms with Gasteiger partial charge in [-0.25, -0.2) is 0 Å². The highest BCUT2D eigenvalue weighted by atomic mass is 29.3. The Morgan fingerprint density at radius 1 is 0.375 bits per heavy atom. The molecule has 0 spiro atoms. The molecule has 6 heteroatoms. The zero-order chi connectivity index (χ0) is 29.3. The van der Waals surface area contributed by atoms with E-state index in [1.165, 1.54) is 20.7 Å². The van der Waals surface area contributed by atoms with Crippen LogP contribution in [0.25, 0.3) is 0 Å². The van der Waals surface area contributed by atoms with E-state index in [9.17, 15) is 0 Å². The summed E-state index contributed by atoms with van der Waals surface area (Å²) in [5.41, 5.74) is 0. The first-order valence-corrected chi connectivity index (χ1v) is 27.4. The summed E-state index contributed by atoms with van der Waals surface area (Å²) in [6.45, 7) is 20.0. The molecule has 0 atom stereocenters. The van der Waals surface area contributed by atoms with Crippen molar-refractivity contribution < 1.29 is 8.85 Å². The number of rotatable bonds is 10. The van der Waals surface area contributed by atoms with Crippen LogP contribution < -0.4 is 20.7 Å². The predicted octanol–water partition coefficient (Wildman–Crippen LogP) is 6.40. The van der Waals surface area contributed by atoms with Crippen molar-refractivity contribution in [1.82, 2.24) is 0 Å². The molecule has 0 saturated carbocycles. The zero-order valence-electron chi connectivity index (χ0n) is 25.8. The van der Waals surface area contributed by atoms with Crippen LogP contribution in [0.3, 0.4) is 0 Å². The molecular formula is C34H48O2Si4. The van der Waals surface area contributed by atoms with E-state index in [1.54, 1.807) is 0 Å². The van der Waals surface area contributed by atoms with Crippen LogP contribution in [0.4, 0.5) is 0 Å². The normalized spacial score (nSPS) is 12.4. The van der Waals surface area contributed by atoms with E-state index in [0.29, 0.717) is 0 Å². The molecule has 40 heavy (non-hydrogen) atoms. The SMILES string of the molecule is CCO[Si](C)(C)[Si](C)(C)OCC.C[Si](c1ccccc1)(c1ccccc1)[Si](C)(c1ccccc1)c1ccccc1. The molecule has 4 aromatic rings. The first-order chi connectivity index (χ1) is 19.0. The molecule has 0 aliphatic rings. The highest BCUT2D eigenvalue weighted by molar-refractivity contribution is 7.59. The fourth-order valence-corrected chi connectivity index (χ4v) is 26.1. The Morgan fingerprint density at radius 3 is 0.750 bits per heavy atom. The lowest BCUT2D eigenvalue weighted by atomic mass is 10.4. The third-order valence-electron chi connectivity index (χ3n) is 8.86. The van der Waals surface area contributed by atoms with Crippen molar-refractivity contribution in [3.8, 4) is 0 Å². The predicted molar refractivity (Wildman–Crippen MR) is 186 cm³/mol. The van der Waals surface area contributed by atoms with Crippen molar-refractivity contribution in [3.63, 3.8) is 0 Å². The van der Waals surface area contributed by atoms with Crippen molar-refractivity contribution in [2.75, 3.05) is 13.2 Å². The van der Waals surface area contributed by atoms with Crippen LogP contribution in [0.1, 0.15) is 13.8 Å². The number of benzene rings is 4. The monoisotopic (exact) mass is 600 g/mol. The third-order valence-corrected chi connectivity index (χ3v) is 40.8. The molecule has 0 N–H and O–H groups in total. The van der Waals surface area contributed by atoms with Crippen LogP contribution in [-0.4, -0.2) is 44.1 Å². The van der Waals surface area contributed by atoms with Gasteiger partial charge in [-0.3, -0.25) is 0 Å². The summed E-state index contributed by atoms with van der Waals surface area (Å²) in [5, 5.41) is 6.07. The average Bonchev–Trinajstić information content (AvgIpc) is 2.98. The molecule has 0 heterocycles. The van der Waals surface area contributed by atoms with Crippen LogP contribution in [0, 0.1) is 0 Å². The lowest BCUT2D eigenvalue weighted by Crippen LogP contribution is -2.82. The van der Waals surface area contributed by atoms with Crippen LogP contribution in [-0.2, 0) is 8.85 Å². The summed E-state index contributed by atoms with van der Waals surface area (Å²) in [7, 11) is -7.27. The van der Waals surface area contributed by atoms with Gasteiger partial charge in [-0.05, 0) is 40.0 Å². The minimum Gasteiger partial charge on any atom is -0.417 e. The van der Waals surface area contributed by atoms with Gasteiger partial charge in [-0.2, -0.15) is 0 Å². The molecule has 0 aliphatic heterocycles. The van der Waals surface area contributed by atoms with Crippen LogP contribution in [0.2, 0.25) is 39.3 Å². The maximum Gasteiger partial charge on any atom is 0.204 e. The highest BCUT2D eigenvalue weighted by Gasteiger charge is 2.53. The van der Waals surface area contributed by atoms with Crippen molar-refractivity contribution in [2.24, 2.45) is 0 Å². The number of hydrogen-bond acceptors (Lipinski definition) is 2. The van der Waals surface area contributed by atoms with Gasteiger partial charge in [0.15, 0.2) is 0 Å². The first-order valence-electron chi connectivity index (χ1n) is 14.5. The summed E-state index contributed by atoms with van der Waals surface area (Å²) < 4.78 is 11.6. The highest BCUT2D eigenvalue weighted by Crippen LogP contribution is 2.22. The summed E-state index contributed by atoms with van der Waals surface area (Å²) in [6.07, 6.45) is 0. The van der Waals surface area contributed by atoms with Crippen molar-refractivity contribution in [2.45, 2.75) is 53.1 Å². The molecule has 0 amide bonds. The van der Waals surface area contributed by atoms with Gasteiger partial charge in [-0.15, -0.1) is 0 Å². The molecule has 0 aliphatic carbocycles. The molecule has 0 aromatic heterocycles. The molecule has 2 nitrogen and oxygen atoms in total. The van der Waals surface area contributed by atoms with Gasteiger partial charge in [0.25, 0.3) is 0 Å². The van der Waals surface area contributed by atoms with Gasteiger partial charge < -0.3 is 8.85 Å². The van der Waals surface area contributed by atoms with Gasteiger partial charge in [0, 0.05) is 13.2 Å². The summed E-state index contributed by atoms with van der Waals surface area (Å²) in [4.78, 5) is 0. The van der Waals surface area contributed by atoms with E-state index < -0.39 is 30.9 Å². The second-order valence-corrected chi connectivity index (χ2v) is 38.3. The van der Waals surface area contributed by atoms with E-state index >= 15 is 0 Å². The van der Waals surface area contributed by atoms with Crippen molar-refractivity contribution >= 4 is 51.6 Å². The summed E-state index contributed by atoms with van der Waals surface area (Å²) in [5.74, 6) is 0. The molecular weight excluding hydrogens is 553 g/mol. The Labute approximate surface area is 247 Å². The maximum atomic E-state index is 5.82. The fourth-order valence-electron chi connectivity index (χ4n) is 5.64. The fraction of sp³-hybridized carbons (Fsp3) is 0.294. The second kappa shape index (κ2) is 14.0. The van der Waals surface area contributed by atoms with E-state index in [2.05, 4.69) is 174 Å². The topological polar surface area (TPSA) is 18.5 Å². The summed E-state index contributed by atoms with van der Waals surface area (Å²) in [6, 6.07) is 45.0. The standard InChI is InChI=1S/C26H26Si2.C8H22O2Si2/c1-27(23-15-7-3-8-16-23,24-17-9-4-10-18-24)28(2,25-19-11-5-12-20-25)26-21-13-6-14-22-26;1-7-9-11(3,4)12(5,6)10-8-2/h3-22H,1-2H3;7-8H2,1-6H3. The van der Waals surface area contributed by atoms with Gasteiger partial charge in [0.1, 0.15) is 15.2 Å². The van der Waals surface area contributed by atoms with Crippen LogP contribution in [0.15, 0.2) is 121 Å². The Hall–Kier alpha value is -2.33. The van der Waals surface area contributed by atoms with Crippen molar-refractivity contribution in [3.05, 3.63) is 121 Å². The molecule has 0 bridgehead atoms. The minimum absolute atomic E-state index is 0.822. The summed E-state index contributed by atoms with van der Waals surface area (Å²) >= 11 is 0. The molecule has 4 aromatic carbocycles. The Balaban J connectivity index is 0.000000312. The molecule has 212 valence electrons. The van der Waals surface area contributed by atoms with Gasteiger partial charge in [-0.1, -0.05) is 155 Å². The lowest BCUT2D eigenvalue weighted by molar-refractivity contribution is 0.306. The average molecular weight is 601 g/mol. The van der Waals surface area contributed by atoms with Gasteiger partial charge in [0.2, 0.25) is 15.7 Å². The largest absolute Gasteiger partial charge is 0.417 e. The Bertz CT molecular complexity index is 1100. The minimum atomic E-state index is -2.10. The number of hydrogen-bond donors (Lipinski definition) is 0. The molecule has 0 radical (unpaired) electrons. The smallest absolute Gasteiger partial charge is 0.204 e. The zero-order valence-corrected chi connectivity index (χ0v) is 29.8. The Kier molecular flexibility index (Phi) is 11.3. The van der Waals surface area contributed by atoms with Gasteiger partial charge >= 0.3 is 0 Å². The van der Waals surface area contributed by atoms with E-state index in [0.717, 1.165) is 13.2 Å². The van der Waals surface area contributed by atoms with Crippen LogP contribution >= 0.6 is 0 Å².